The van der Waals surface area contributed by atoms with Gasteiger partial charge in [-0.25, -0.2) is 0 Å². The smallest absolute Gasteiger partial charge is 0.238 e. The largest absolute Gasteiger partial charge is 0.497 e. The average molecular weight is 364 g/mol. The van der Waals surface area contributed by atoms with E-state index in [2.05, 4.69) is 0 Å². The summed E-state index contributed by atoms with van der Waals surface area (Å²) in [6.07, 6.45) is 1.22. The van der Waals surface area contributed by atoms with Crippen LogP contribution >= 0.6 is 0 Å². The molecule has 0 bridgehead atoms. The zero-order chi connectivity index (χ0) is 19.6. The van der Waals surface area contributed by atoms with Crippen LogP contribution in [0.3, 0.4) is 0 Å². The number of carbonyl (C=O) groups is 3. The molecule has 0 atom stereocenters. The van der Waals surface area contributed by atoms with E-state index < -0.39 is 0 Å². The van der Waals surface area contributed by atoms with Gasteiger partial charge < -0.3 is 4.74 Å². The number of aromatic nitrogens is 1. The van der Waals surface area contributed by atoms with Gasteiger partial charge in [0.15, 0.2) is 0 Å². The topological polar surface area (TPSA) is 68.6 Å². The number of anilines is 1. The molecule has 6 nitrogen and oxygen atoms in total. The minimum Gasteiger partial charge on any atom is -0.497 e. The number of ether oxygens (including phenoxy) is 1. The lowest BCUT2D eigenvalue weighted by Gasteiger charge is -2.16. The number of aryl methyl sites for hydroxylation is 1. The van der Waals surface area contributed by atoms with Crippen molar-refractivity contribution < 1.29 is 19.1 Å². The van der Waals surface area contributed by atoms with Crippen molar-refractivity contribution in [1.29, 1.82) is 0 Å². The summed E-state index contributed by atoms with van der Waals surface area (Å²) < 4.78 is 6.76. The van der Waals surface area contributed by atoms with Crippen LogP contribution in [-0.4, -0.2) is 30.4 Å². The lowest BCUT2D eigenvalue weighted by molar-refractivity contribution is -0.121. The van der Waals surface area contributed by atoms with E-state index in [-0.39, 0.29) is 12.3 Å². The maximum Gasteiger partial charge on any atom is 0.238 e. The molecule has 27 heavy (non-hydrogen) atoms. The molecule has 2 amide bonds. The summed E-state index contributed by atoms with van der Waals surface area (Å²) in [5.74, 6) is 0.259. The summed E-state index contributed by atoms with van der Waals surface area (Å²) in [6.45, 7) is 3.71. The van der Waals surface area contributed by atoms with E-state index >= 15 is 0 Å². The summed E-state index contributed by atoms with van der Waals surface area (Å²) in [5.41, 5.74) is 3.60. The van der Waals surface area contributed by atoms with Gasteiger partial charge in [-0.2, -0.15) is 0 Å². The van der Waals surface area contributed by atoms with Crippen LogP contribution < -0.4 is 9.64 Å². The molecular formula is C21H20N2O4. The Morgan fingerprint density at radius 2 is 1.81 bits per heavy atom. The molecule has 0 aliphatic rings. The Labute approximate surface area is 157 Å². The fourth-order valence-electron chi connectivity index (χ4n) is 3.18. The van der Waals surface area contributed by atoms with E-state index in [4.69, 9.17) is 4.74 Å². The van der Waals surface area contributed by atoms with Crippen molar-refractivity contribution in [3.8, 4) is 5.75 Å². The van der Waals surface area contributed by atoms with E-state index in [0.29, 0.717) is 34.6 Å². The maximum atomic E-state index is 12.8. The number of benzene rings is 2. The molecule has 0 spiro atoms. The van der Waals surface area contributed by atoms with Gasteiger partial charge in [-0.05, 0) is 49.7 Å². The first kappa shape index (κ1) is 18.4. The number of hydrogen-bond donors (Lipinski definition) is 0. The molecule has 0 radical (unpaired) electrons. The third-order valence-electron chi connectivity index (χ3n) is 4.71. The zero-order valence-electron chi connectivity index (χ0n) is 15.4. The second-order valence-electron chi connectivity index (χ2n) is 6.30. The van der Waals surface area contributed by atoms with Gasteiger partial charge in [0.05, 0.1) is 24.7 Å². The summed E-state index contributed by atoms with van der Waals surface area (Å²) in [6, 6.07) is 12.5. The van der Waals surface area contributed by atoms with Crippen LogP contribution in [0.1, 0.15) is 16.8 Å². The fourth-order valence-corrected chi connectivity index (χ4v) is 3.18. The van der Waals surface area contributed by atoms with Gasteiger partial charge in [-0.15, -0.1) is 0 Å². The van der Waals surface area contributed by atoms with Crippen LogP contribution in [-0.2, 0) is 20.8 Å². The van der Waals surface area contributed by atoms with Gasteiger partial charge in [-0.3, -0.25) is 23.9 Å². The molecular weight excluding hydrogens is 344 g/mol. The van der Waals surface area contributed by atoms with Gasteiger partial charge in [-0.1, -0.05) is 17.7 Å². The number of imide groups is 1. The first-order valence-electron chi connectivity index (χ1n) is 8.47. The Morgan fingerprint density at radius 1 is 1.11 bits per heavy atom. The van der Waals surface area contributed by atoms with Gasteiger partial charge >= 0.3 is 0 Å². The predicted molar refractivity (Wildman–Crippen MR) is 104 cm³/mol. The highest BCUT2D eigenvalue weighted by atomic mass is 16.5. The molecule has 0 unspecified atom stereocenters. The Morgan fingerprint density at radius 3 is 2.41 bits per heavy atom. The SMILES string of the molecule is COc1ccc2c(c1)c(CC(=O)N(C=O)c1ccc(C)cc1)c(C)n2C=O. The first-order valence-corrected chi connectivity index (χ1v) is 8.47. The Balaban J connectivity index is 2.03. The molecule has 1 aromatic heterocycles. The van der Waals surface area contributed by atoms with Crippen molar-refractivity contribution in [2.75, 3.05) is 12.0 Å². The number of rotatable bonds is 6. The zero-order valence-corrected chi connectivity index (χ0v) is 15.4. The molecule has 138 valence electrons. The van der Waals surface area contributed by atoms with Crippen LogP contribution in [0.4, 0.5) is 5.69 Å². The van der Waals surface area contributed by atoms with Crippen LogP contribution in [0.2, 0.25) is 0 Å². The van der Waals surface area contributed by atoms with Gasteiger partial charge in [0.2, 0.25) is 18.7 Å². The summed E-state index contributed by atoms with van der Waals surface area (Å²) in [5, 5.41) is 0.752. The van der Waals surface area contributed by atoms with Gasteiger partial charge in [0.25, 0.3) is 0 Å². The van der Waals surface area contributed by atoms with Crippen molar-refractivity contribution in [2.24, 2.45) is 0 Å². The predicted octanol–water partition coefficient (Wildman–Crippen LogP) is 3.04. The van der Waals surface area contributed by atoms with Crippen molar-refractivity contribution in [3.63, 3.8) is 0 Å². The van der Waals surface area contributed by atoms with Crippen molar-refractivity contribution in [1.82, 2.24) is 4.57 Å². The molecule has 0 saturated carbocycles. The monoisotopic (exact) mass is 364 g/mol. The standard InChI is InChI=1S/C21H20N2O4/c1-14-4-6-16(7-5-14)23(13-25)21(26)11-18-15(2)22(12-24)20-9-8-17(27-3)10-19(18)20/h4-10,12-13H,11H2,1-3H3. The molecule has 6 heteroatoms. The van der Waals surface area contributed by atoms with Crippen LogP contribution in [0.5, 0.6) is 5.75 Å². The summed E-state index contributed by atoms with van der Waals surface area (Å²) in [4.78, 5) is 37.0. The molecule has 0 saturated heterocycles. The van der Waals surface area contributed by atoms with Gasteiger partial charge in [0.1, 0.15) is 5.75 Å². The van der Waals surface area contributed by atoms with Crippen LogP contribution in [0.25, 0.3) is 10.9 Å². The van der Waals surface area contributed by atoms with Crippen molar-refractivity contribution >= 4 is 35.3 Å². The van der Waals surface area contributed by atoms with Crippen molar-refractivity contribution in [2.45, 2.75) is 20.3 Å². The average Bonchev–Trinajstić information content (AvgIpc) is 2.94. The molecule has 0 fully saturated rings. The molecule has 3 rings (SSSR count). The number of methoxy groups -OCH3 is 1. The van der Waals surface area contributed by atoms with Crippen LogP contribution in [0, 0.1) is 13.8 Å². The number of fused-ring (bicyclic) bond motifs is 1. The Kier molecular flexibility index (Phi) is 5.07. The molecule has 2 aromatic carbocycles. The number of nitrogens with zero attached hydrogens (tertiary/aromatic N) is 2. The fraction of sp³-hybridized carbons (Fsp3) is 0.190. The van der Waals surface area contributed by atoms with E-state index in [1.54, 1.807) is 44.4 Å². The third kappa shape index (κ3) is 3.33. The quantitative estimate of drug-likeness (QED) is 0.631. The Bertz CT molecular complexity index is 1020. The molecule has 0 N–H and O–H groups in total. The molecule has 0 aliphatic carbocycles. The van der Waals surface area contributed by atoms with Gasteiger partial charge in [0, 0.05) is 11.1 Å². The van der Waals surface area contributed by atoms with E-state index in [9.17, 15) is 14.4 Å². The number of carbonyl (C=O) groups excluding carboxylic acids is 3. The van der Waals surface area contributed by atoms with E-state index in [1.807, 2.05) is 19.1 Å². The first-order chi connectivity index (χ1) is 13.0. The number of amides is 2. The third-order valence-corrected chi connectivity index (χ3v) is 4.71. The molecule has 3 aromatic rings. The lowest BCUT2D eigenvalue weighted by Crippen LogP contribution is -2.31. The highest BCUT2D eigenvalue weighted by Gasteiger charge is 2.21. The van der Waals surface area contributed by atoms with E-state index in [1.165, 1.54) is 4.57 Å². The van der Waals surface area contributed by atoms with Crippen molar-refractivity contribution in [3.05, 3.63) is 59.3 Å². The molecule has 1 heterocycles. The number of hydrogen-bond acceptors (Lipinski definition) is 4. The highest BCUT2D eigenvalue weighted by molar-refractivity contribution is 6.09. The Hall–Kier alpha value is -3.41. The summed E-state index contributed by atoms with van der Waals surface area (Å²) in [7, 11) is 1.56. The second-order valence-corrected chi connectivity index (χ2v) is 6.30. The normalized spacial score (nSPS) is 10.6. The van der Waals surface area contributed by atoms with E-state index in [0.717, 1.165) is 22.3 Å². The second kappa shape index (κ2) is 7.45. The minimum atomic E-state index is -0.371. The highest BCUT2D eigenvalue weighted by Crippen LogP contribution is 2.29. The summed E-state index contributed by atoms with van der Waals surface area (Å²) >= 11 is 0. The minimum absolute atomic E-state index is 0.0110. The van der Waals surface area contributed by atoms with Crippen LogP contribution in [0.15, 0.2) is 42.5 Å². The lowest BCUT2D eigenvalue weighted by atomic mass is 10.1. The molecule has 0 aliphatic heterocycles. The maximum absolute atomic E-state index is 12.8.